The molecule has 3 aromatic heterocycles. The van der Waals surface area contributed by atoms with E-state index in [1.54, 1.807) is 26.2 Å². The Bertz CT molecular complexity index is 1470. The lowest BCUT2D eigenvalue weighted by Crippen LogP contribution is -2.52. The van der Waals surface area contributed by atoms with Crippen LogP contribution in [-0.2, 0) is 11.3 Å². The Morgan fingerprint density at radius 1 is 1.27 bits per heavy atom. The van der Waals surface area contributed by atoms with Gasteiger partial charge in [0.2, 0.25) is 17.7 Å². The van der Waals surface area contributed by atoms with Gasteiger partial charge in [-0.25, -0.2) is 13.5 Å². The number of likely N-dealkylation sites (tertiary alicyclic amines) is 1. The van der Waals surface area contributed by atoms with E-state index in [4.69, 9.17) is 9.72 Å². The second kappa shape index (κ2) is 8.93. The monoisotopic (exact) mass is 510 g/mol. The van der Waals surface area contributed by atoms with Crippen LogP contribution in [0.25, 0.3) is 33.2 Å². The summed E-state index contributed by atoms with van der Waals surface area (Å²) in [7, 11) is 1.56. The number of hydrogen-bond acceptors (Lipinski definition) is 7. The minimum absolute atomic E-state index is 0.151. The molecule has 12 heteroatoms. The van der Waals surface area contributed by atoms with Crippen molar-refractivity contribution < 1.29 is 18.3 Å². The normalized spacial score (nSPS) is 17.6. The molecule has 194 valence electrons. The van der Waals surface area contributed by atoms with Gasteiger partial charge in [-0.3, -0.25) is 4.79 Å². The number of piperidine rings is 1. The molecular formula is C25H28F2N8O2. The van der Waals surface area contributed by atoms with Gasteiger partial charge in [0.25, 0.3) is 6.43 Å². The zero-order valence-electron chi connectivity index (χ0n) is 20.7. The van der Waals surface area contributed by atoms with E-state index in [-0.39, 0.29) is 11.9 Å². The van der Waals surface area contributed by atoms with Crippen LogP contribution in [0.5, 0.6) is 5.88 Å². The van der Waals surface area contributed by atoms with E-state index >= 15 is 0 Å². The van der Waals surface area contributed by atoms with Crippen molar-refractivity contribution in [3.05, 3.63) is 24.4 Å². The van der Waals surface area contributed by atoms with Gasteiger partial charge in [0.05, 0.1) is 18.0 Å². The first-order valence-corrected chi connectivity index (χ1v) is 12.4. The largest absolute Gasteiger partial charge is 0.480 e. The molecule has 2 N–H and O–H groups in total. The topological polar surface area (TPSA) is 114 Å². The van der Waals surface area contributed by atoms with Crippen LogP contribution in [0, 0.1) is 5.41 Å². The van der Waals surface area contributed by atoms with Gasteiger partial charge < -0.3 is 19.9 Å². The summed E-state index contributed by atoms with van der Waals surface area (Å²) >= 11 is 0. The van der Waals surface area contributed by atoms with E-state index < -0.39 is 13.0 Å². The molecule has 2 aliphatic rings. The highest BCUT2D eigenvalue weighted by Gasteiger charge is 2.46. The number of aromatic amines is 1. The maximum atomic E-state index is 13.0. The van der Waals surface area contributed by atoms with Gasteiger partial charge in [-0.05, 0) is 48.8 Å². The second-order valence-electron chi connectivity index (χ2n) is 10.1. The first-order valence-electron chi connectivity index (χ1n) is 12.4. The van der Waals surface area contributed by atoms with Gasteiger partial charge >= 0.3 is 0 Å². The lowest BCUT2D eigenvalue weighted by Gasteiger charge is -2.52. The van der Waals surface area contributed by atoms with E-state index in [0.717, 1.165) is 49.9 Å². The molecule has 0 radical (unpaired) electrons. The number of carbonyl (C=O) groups is 1. The highest BCUT2D eigenvalue weighted by Crippen LogP contribution is 2.50. The lowest BCUT2D eigenvalue weighted by molar-refractivity contribution is -0.132. The molecule has 4 heterocycles. The number of alkyl halides is 2. The van der Waals surface area contributed by atoms with E-state index in [9.17, 15) is 13.6 Å². The fourth-order valence-electron chi connectivity index (χ4n) is 5.81. The highest BCUT2D eigenvalue weighted by atomic mass is 19.3. The van der Waals surface area contributed by atoms with Crippen LogP contribution in [0.1, 0.15) is 32.6 Å². The Hall–Kier alpha value is -3.83. The molecule has 2 fully saturated rings. The molecule has 1 aliphatic carbocycles. The Kier molecular flexibility index (Phi) is 5.68. The Balaban J connectivity index is 1.23. The van der Waals surface area contributed by atoms with Crippen molar-refractivity contribution in [1.82, 2.24) is 34.8 Å². The van der Waals surface area contributed by atoms with Crippen molar-refractivity contribution in [2.24, 2.45) is 5.41 Å². The van der Waals surface area contributed by atoms with Crippen LogP contribution in [-0.4, -0.2) is 73.4 Å². The van der Waals surface area contributed by atoms with Crippen LogP contribution < -0.4 is 10.1 Å². The summed E-state index contributed by atoms with van der Waals surface area (Å²) in [6.45, 7) is 2.77. The minimum atomic E-state index is -2.53. The molecule has 0 atom stereocenters. The molecule has 0 bridgehead atoms. The number of nitrogens with zero attached hydrogens (tertiary/aromatic N) is 6. The average Bonchev–Trinajstić information content (AvgIpc) is 3.46. The van der Waals surface area contributed by atoms with Gasteiger partial charge in [-0.2, -0.15) is 9.97 Å². The van der Waals surface area contributed by atoms with E-state index in [0.29, 0.717) is 39.3 Å². The highest BCUT2D eigenvalue weighted by molar-refractivity contribution is 5.99. The van der Waals surface area contributed by atoms with E-state index in [1.807, 2.05) is 17.2 Å². The van der Waals surface area contributed by atoms with Crippen LogP contribution >= 0.6 is 0 Å². The molecule has 1 amide bonds. The number of halogens is 2. The van der Waals surface area contributed by atoms with Crippen molar-refractivity contribution in [2.75, 3.05) is 25.5 Å². The van der Waals surface area contributed by atoms with Crippen molar-refractivity contribution in [3.8, 4) is 17.0 Å². The summed E-state index contributed by atoms with van der Waals surface area (Å²) in [5.74, 6) is 1.07. The summed E-state index contributed by atoms with van der Waals surface area (Å²) in [6.07, 6.45) is 3.40. The molecule has 1 aromatic carbocycles. The number of rotatable bonds is 6. The van der Waals surface area contributed by atoms with Crippen molar-refractivity contribution in [1.29, 1.82) is 0 Å². The van der Waals surface area contributed by atoms with Gasteiger partial charge in [0.15, 0.2) is 0 Å². The Labute approximate surface area is 211 Å². The number of H-pyrrole nitrogens is 1. The number of anilines is 1. The van der Waals surface area contributed by atoms with Crippen molar-refractivity contribution in [3.63, 3.8) is 0 Å². The maximum Gasteiger partial charge on any atom is 0.258 e. The fraction of sp³-hybridized carbons (Fsp3) is 0.480. The minimum Gasteiger partial charge on any atom is -0.480 e. The summed E-state index contributed by atoms with van der Waals surface area (Å²) in [6, 6.07) is 5.68. The first-order chi connectivity index (χ1) is 17.8. The fourth-order valence-corrected chi connectivity index (χ4v) is 5.81. The van der Waals surface area contributed by atoms with Gasteiger partial charge in [0, 0.05) is 37.8 Å². The number of aromatic nitrogens is 6. The third-order valence-electron chi connectivity index (χ3n) is 7.79. The summed E-state index contributed by atoms with van der Waals surface area (Å²) in [5.41, 5.74) is 3.57. The number of methoxy groups -OCH3 is 1. The van der Waals surface area contributed by atoms with Crippen LogP contribution in [0.3, 0.4) is 0 Å². The third kappa shape index (κ3) is 4.23. The number of hydrogen-bond donors (Lipinski definition) is 2. The smallest absolute Gasteiger partial charge is 0.258 e. The molecule has 1 aliphatic heterocycles. The van der Waals surface area contributed by atoms with Crippen molar-refractivity contribution in [2.45, 2.75) is 51.6 Å². The molecule has 6 rings (SSSR count). The SMILES string of the molecule is COc1nc(NC2CC3(CCN(C(C)=O)CC3)C2)nc2[nH]cc(-c3ccc4nnn(CC(F)F)c4c3)c12. The second-order valence-corrected chi connectivity index (χ2v) is 10.1. The average molecular weight is 511 g/mol. The number of carbonyl (C=O) groups excluding carboxylic acids is 1. The predicted molar refractivity (Wildman–Crippen MR) is 134 cm³/mol. The quantitative estimate of drug-likeness (QED) is 0.405. The molecule has 1 saturated carbocycles. The van der Waals surface area contributed by atoms with Crippen molar-refractivity contribution >= 4 is 33.9 Å². The number of ether oxygens (including phenoxy) is 1. The lowest BCUT2D eigenvalue weighted by atomic mass is 9.60. The number of nitrogens with one attached hydrogen (secondary N) is 2. The Morgan fingerprint density at radius 3 is 2.76 bits per heavy atom. The zero-order valence-corrected chi connectivity index (χ0v) is 20.7. The number of fused-ring (bicyclic) bond motifs is 2. The first kappa shape index (κ1) is 23.6. The molecular weight excluding hydrogens is 482 g/mol. The molecule has 4 aromatic rings. The van der Waals surface area contributed by atoms with Gasteiger partial charge in [0.1, 0.15) is 17.7 Å². The van der Waals surface area contributed by atoms with Crippen LogP contribution in [0.15, 0.2) is 24.4 Å². The molecule has 10 nitrogen and oxygen atoms in total. The van der Waals surface area contributed by atoms with Crippen LogP contribution in [0.2, 0.25) is 0 Å². The van der Waals surface area contributed by atoms with E-state index in [2.05, 4.69) is 25.6 Å². The standard InChI is InChI=1S/C25H28F2N8O2/c1-14(36)34-7-5-25(6-8-34)10-16(11-25)29-24-30-22-21(23(31-24)37-2)17(12-28-22)15-3-4-18-19(9-15)35(33-32-18)13-20(26)27/h3-4,9,12,16,20H,5-8,10-11,13H2,1-2H3,(H2,28,29,30,31). The van der Waals surface area contributed by atoms with Gasteiger partial charge in [-0.1, -0.05) is 11.3 Å². The molecule has 1 spiro atoms. The summed E-state index contributed by atoms with van der Waals surface area (Å²) in [5, 5.41) is 12.0. The summed E-state index contributed by atoms with van der Waals surface area (Å²) < 4.78 is 32.8. The molecule has 1 saturated heterocycles. The van der Waals surface area contributed by atoms with E-state index in [1.165, 1.54) is 4.68 Å². The zero-order chi connectivity index (χ0) is 25.7. The van der Waals surface area contributed by atoms with Crippen LogP contribution in [0.4, 0.5) is 14.7 Å². The third-order valence-corrected chi connectivity index (χ3v) is 7.79. The van der Waals surface area contributed by atoms with Gasteiger partial charge in [-0.15, -0.1) is 5.10 Å². The molecule has 0 unspecified atom stereocenters. The number of benzene rings is 1. The maximum absolute atomic E-state index is 13.0. The number of amides is 1. The Morgan fingerprint density at radius 2 is 2.05 bits per heavy atom. The molecule has 37 heavy (non-hydrogen) atoms. The predicted octanol–water partition coefficient (Wildman–Crippen LogP) is 3.85. The summed E-state index contributed by atoms with van der Waals surface area (Å²) in [4.78, 5) is 26.1.